The predicted molar refractivity (Wildman–Crippen MR) is 47.9 cm³/mol. The van der Waals surface area contributed by atoms with E-state index in [1.807, 2.05) is 11.7 Å². The third-order valence-corrected chi connectivity index (χ3v) is 2.55. The molecule has 66 valence electrons. The second-order valence-corrected chi connectivity index (χ2v) is 3.48. The quantitative estimate of drug-likeness (QED) is 0.676. The number of rotatable bonds is 1. The van der Waals surface area contributed by atoms with Crippen molar-refractivity contribution >= 4 is 0 Å². The van der Waals surface area contributed by atoms with Crippen molar-refractivity contribution < 1.29 is 0 Å². The molecule has 1 aliphatic rings. The molecule has 0 radical (unpaired) electrons. The third kappa shape index (κ3) is 1.25. The zero-order valence-electron chi connectivity index (χ0n) is 7.67. The van der Waals surface area contributed by atoms with Crippen LogP contribution >= 0.6 is 0 Å². The summed E-state index contributed by atoms with van der Waals surface area (Å²) in [5, 5.41) is 7.88. The molecule has 1 atom stereocenters. The van der Waals surface area contributed by atoms with E-state index in [0.717, 1.165) is 6.54 Å². The molecule has 0 spiro atoms. The van der Waals surface area contributed by atoms with Crippen molar-refractivity contribution in [1.29, 1.82) is 0 Å². The van der Waals surface area contributed by atoms with Gasteiger partial charge in [0.2, 0.25) is 0 Å². The minimum atomic E-state index is 0.505. The Bertz CT molecular complexity index is 252. The second-order valence-electron chi connectivity index (χ2n) is 3.48. The average molecular weight is 165 g/mol. The van der Waals surface area contributed by atoms with Crippen LogP contribution in [0, 0.1) is 6.92 Å². The molecule has 1 fully saturated rings. The van der Waals surface area contributed by atoms with E-state index in [0.29, 0.717) is 6.04 Å². The molecule has 1 saturated heterocycles. The Morgan fingerprint density at radius 1 is 1.67 bits per heavy atom. The topological polar surface area (TPSA) is 29.9 Å². The van der Waals surface area contributed by atoms with Gasteiger partial charge in [-0.1, -0.05) is 0 Å². The molecule has 3 nitrogen and oxygen atoms in total. The van der Waals surface area contributed by atoms with Gasteiger partial charge in [-0.25, -0.2) is 0 Å². The van der Waals surface area contributed by atoms with E-state index in [2.05, 4.69) is 23.4 Å². The highest BCUT2D eigenvalue weighted by atomic mass is 15.3. The van der Waals surface area contributed by atoms with E-state index in [1.54, 1.807) is 0 Å². The van der Waals surface area contributed by atoms with Crippen LogP contribution in [0.25, 0.3) is 0 Å². The summed E-state index contributed by atoms with van der Waals surface area (Å²) in [4.78, 5) is 0. The van der Waals surface area contributed by atoms with Gasteiger partial charge in [0.1, 0.15) is 0 Å². The Kier molecular flexibility index (Phi) is 1.89. The third-order valence-electron chi connectivity index (χ3n) is 2.55. The predicted octanol–water partition coefficient (Wildman–Crippen LogP) is 1.15. The zero-order chi connectivity index (χ0) is 8.55. The van der Waals surface area contributed by atoms with E-state index in [1.165, 1.54) is 24.2 Å². The normalized spacial score (nSPS) is 23.3. The van der Waals surface area contributed by atoms with Crippen molar-refractivity contribution in [2.45, 2.75) is 25.8 Å². The number of hydrogen-bond donors (Lipinski definition) is 1. The summed E-state index contributed by atoms with van der Waals surface area (Å²) < 4.78 is 1.94. The molecule has 2 rings (SSSR count). The zero-order valence-corrected chi connectivity index (χ0v) is 7.67. The van der Waals surface area contributed by atoms with Crippen LogP contribution in [0.4, 0.5) is 0 Å². The fourth-order valence-corrected chi connectivity index (χ4v) is 1.70. The fourth-order valence-electron chi connectivity index (χ4n) is 1.70. The minimum Gasteiger partial charge on any atom is -0.309 e. The average Bonchev–Trinajstić information content (AvgIpc) is 2.61. The van der Waals surface area contributed by atoms with Gasteiger partial charge in [0.25, 0.3) is 0 Å². The van der Waals surface area contributed by atoms with Gasteiger partial charge in [-0.15, -0.1) is 0 Å². The summed E-state index contributed by atoms with van der Waals surface area (Å²) in [6.45, 7) is 3.23. The van der Waals surface area contributed by atoms with Gasteiger partial charge in [-0.2, -0.15) is 5.10 Å². The van der Waals surface area contributed by atoms with E-state index in [9.17, 15) is 0 Å². The Morgan fingerprint density at radius 2 is 2.50 bits per heavy atom. The van der Waals surface area contributed by atoms with Crippen LogP contribution in [0.3, 0.4) is 0 Å². The molecule has 3 heteroatoms. The summed E-state index contributed by atoms with van der Waals surface area (Å²) >= 11 is 0. The summed E-state index contributed by atoms with van der Waals surface area (Å²) in [5.74, 6) is 0. The van der Waals surface area contributed by atoms with Crippen LogP contribution in [-0.4, -0.2) is 16.3 Å². The molecule has 1 aromatic heterocycles. The van der Waals surface area contributed by atoms with Crippen LogP contribution < -0.4 is 5.32 Å². The maximum Gasteiger partial charge on any atom is 0.0796 e. The smallest absolute Gasteiger partial charge is 0.0796 e. The molecule has 0 amide bonds. The number of hydrogen-bond acceptors (Lipinski definition) is 2. The number of aromatic nitrogens is 2. The molecular weight excluding hydrogens is 150 g/mol. The SMILES string of the molecule is Cc1cc(C2CCCN2)nn1C. The van der Waals surface area contributed by atoms with Crippen molar-refractivity contribution in [2.24, 2.45) is 7.05 Å². The molecular formula is C9H15N3. The van der Waals surface area contributed by atoms with Crippen LogP contribution in [-0.2, 0) is 7.05 Å². The first kappa shape index (κ1) is 7.80. The Labute approximate surface area is 72.8 Å². The van der Waals surface area contributed by atoms with Gasteiger partial charge in [-0.05, 0) is 32.4 Å². The van der Waals surface area contributed by atoms with Gasteiger partial charge in [0.15, 0.2) is 0 Å². The number of nitrogens with one attached hydrogen (secondary N) is 1. The molecule has 1 aromatic rings. The second kappa shape index (κ2) is 2.90. The lowest BCUT2D eigenvalue weighted by atomic mass is 10.1. The maximum absolute atomic E-state index is 4.45. The lowest BCUT2D eigenvalue weighted by Crippen LogP contribution is -2.13. The highest BCUT2D eigenvalue weighted by Crippen LogP contribution is 2.21. The first-order valence-electron chi connectivity index (χ1n) is 4.51. The molecule has 2 heterocycles. The largest absolute Gasteiger partial charge is 0.309 e. The number of nitrogens with zero attached hydrogens (tertiary/aromatic N) is 2. The number of aryl methyl sites for hydroxylation is 2. The van der Waals surface area contributed by atoms with Gasteiger partial charge in [0, 0.05) is 12.7 Å². The molecule has 1 unspecified atom stereocenters. The van der Waals surface area contributed by atoms with Crippen LogP contribution in [0.2, 0.25) is 0 Å². The minimum absolute atomic E-state index is 0.505. The first-order chi connectivity index (χ1) is 5.77. The van der Waals surface area contributed by atoms with Crippen molar-refractivity contribution in [3.05, 3.63) is 17.5 Å². The van der Waals surface area contributed by atoms with Crippen molar-refractivity contribution in [1.82, 2.24) is 15.1 Å². The first-order valence-corrected chi connectivity index (χ1v) is 4.51. The molecule has 0 bridgehead atoms. The maximum atomic E-state index is 4.45. The Morgan fingerprint density at radius 3 is 3.00 bits per heavy atom. The Balaban J connectivity index is 2.21. The standard InChI is InChI=1S/C9H15N3/c1-7-6-9(11-12(7)2)8-4-3-5-10-8/h6,8,10H,3-5H2,1-2H3. The van der Waals surface area contributed by atoms with Gasteiger partial charge < -0.3 is 5.32 Å². The van der Waals surface area contributed by atoms with Crippen molar-refractivity contribution in [3.63, 3.8) is 0 Å². The summed E-state index contributed by atoms with van der Waals surface area (Å²) in [7, 11) is 1.99. The lowest BCUT2D eigenvalue weighted by molar-refractivity contribution is 0.605. The van der Waals surface area contributed by atoms with Gasteiger partial charge in [-0.3, -0.25) is 4.68 Å². The molecule has 1 aliphatic heterocycles. The van der Waals surface area contributed by atoms with Crippen molar-refractivity contribution in [3.8, 4) is 0 Å². The van der Waals surface area contributed by atoms with Crippen LogP contribution in [0.1, 0.15) is 30.3 Å². The molecule has 0 aromatic carbocycles. The molecule has 0 aliphatic carbocycles. The highest BCUT2D eigenvalue weighted by Gasteiger charge is 2.18. The van der Waals surface area contributed by atoms with Crippen LogP contribution in [0.5, 0.6) is 0 Å². The summed E-state index contributed by atoms with van der Waals surface area (Å²) in [5.41, 5.74) is 2.44. The molecule has 0 saturated carbocycles. The highest BCUT2D eigenvalue weighted by molar-refractivity contribution is 5.13. The monoisotopic (exact) mass is 165 g/mol. The molecule has 12 heavy (non-hydrogen) atoms. The van der Waals surface area contributed by atoms with E-state index in [4.69, 9.17) is 0 Å². The van der Waals surface area contributed by atoms with Crippen LogP contribution in [0.15, 0.2) is 6.07 Å². The van der Waals surface area contributed by atoms with E-state index in [-0.39, 0.29) is 0 Å². The fraction of sp³-hybridized carbons (Fsp3) is 0.667. The molecule has 1 N–H and O–H groups in total. The van der Waals surface area contributed by atoms with Gasteiger partial charge in [0.05, 0.1) is 11.7 Å². The Hall–Kier alpha value is -0.830. The lowest BCUT2D eigenvalue weighted by Gasteiger charge is -2.04. The van der Waals surface area contributed by atoms with E-state index >= 15 is 0 Å². The van der Waals surface area contributed by atoms with Gasteiger partial charge >= 0.3 is 0 Å². The van der Waals surface area contributed by atoms with Crippen molar-refractivity contribution in [2.75, 3.05) is 6.54 Å². The summed E-state index contributed by atoms with van der Waals surface area (Å²) in [6, 6.07) is 2.67. The van der Waals surface area contributed by atoms with E-state index < -0.39 is 0 Å². The summed E-state index contributed by atoms with van der Waals surface area (Å²) in [6.07, 6.45) is 2.51.